The standard InChI is InChI=1S/C7H12N2/c1-9(2)7-5-3-4-6-8-7/h3-4,6-7H,5H2,1-2H3. The number of allylic oxidation sites excluding steroid dienone is 1. The van der Waals surface area contributed by atoms with Gasteiger partial charge in [-0.2, -0.15) is 0 Å². The van der Waals surface area contributed by atoms with Crippen LogP contribution in [-0.4, -0.2) is 31.4 Å². The predicted molar refractivity (Wildman–Crippen MR) is 39.7 cm³/mol. The summed E-state index contributed by atoms with van der Waals surface area (Å²) in [6.45, 7) is 0. The maximum Gasteiger partial charge on any atom is 0.105 e. The van der Waals surface area contributed by atoms with E-state index in [4.69, 9.17) is 0 Å². The molecule has 0 aliphatic carbocycles. The summed E-state index contributed by atoms with van der Waals surface area (Å²) in [5.41, 5.74) is 0. The lowest BCUT2D eigenvalue weighted by molar-refractivity contribution is 0.304. The van der Waals surface area contributed by atoms with Crippen LogP contribution in [0.15, 0.2) is 17.1 Å². The molecule has 0 spiro atoms. The molecule has 0 N–H and O–H groups in total. The third-order valence-electron chi connectivity index (χ3n) is 1.42. The summed E-state index contributed by atoms with van der Waals surface area (Å²) in [5.74, 6) is 0. The molecule has 0 aromatic carbocycles. The Morgan fingerprint density at radius 3 is 2.67 bits per heavy atom. The van der Waals surface area contributed by atoms with E-state index in [-0.39, 0.29) is 0 Å². The van der Waals surface area contributed by atoms with Crippen LogP contribution in [0.4, 0.5) is 0 Å². The number of rotatable bonds is 1. The first-order chi connectivity index (χ1) is 4.30. The van der Waals surface area contributed by atoms with Crippen molar-refractivity contribution in [3.63, 3.8) is 0 Å². The van der Waals surface area contributed by atoms with Crippen LogP contribution < -0.4 is 0 Å². The van der Waals surface area contributed by atoms with E-state index in [9.17, 15) is 0 Å². The summed E-state index contributed by atoms with van der Waals surface area (Å²) in [7, 11) is 4.09. The summed E-state index contributed by atoms with van der Waals surface area (Å²) in [6, 6.07) is 0. The van der Waals surface area contributed by atoms with Gasteiger partial charge in [0.1, 0.15) is 6.17 Å². The van der Waals surface area contributed by atoms with Gasteiger partial charge in [0, 0.05) is 12.6 Å². The zero-order chi connectivity index (χ0) is 6.69. The molecule has 0 amide bonds. The van der Waals surface area contributed by atoms with Crippen LogP contribution in [0.2, 0.25) is 0 Å². The molecule has 0 aromatic heterocycles. The minimum absolute atomic E-state index is 0.370. The van der Waals surface area contributed by atoms with Crippen molar-refractivity contribution >= 4 is 6.21 Å². The van der Waals surface area contributed by atoms with Crippen LogP contribution in [-0.2, 0) is 0 Å². The first-order valence-corrected chi connectivity index (χ1v) is 3.15. The van der Waals surface area contributed by atoms with Crippen molar-refractivity contribution in [3.05, 3.63) is 12.2 Å². The van der Waals surface area contributed by atoms with Gasteiger partial charge in [-0.1, -0.05) is 6.08 Å². The van der Waals surface area contributed by atoms with Gasteiger partial charge in [-0.05, 0) is 20.2 Å². The number of aliphatic imine (C=N–C) groups is 1. The molecule has 2 nitrogen and oxygen atoms in total. The van der Waals surface area contributed by atoms with Gasteiger partial charge in [0.05, 0.1) is 0 Å². The Labute approximate surface area is 55.9 Å². The van der Waals surface area contributed by atoms with E-state index in [1.54, 1.807) is 0 Å². The highest BCUT2D eigenvalue weighted by Gasteiger charge is 2.06. The van der Waals surface area contributed by atoms with Crippen molar-refractivity contribution in [2.75, 3.05) is 14.1 Å². The molecule has 0 fully saturated rings. The highest BCUT2D eigenvalue weighted by molar-refractivity contribution is 5.72. The zero-order valence-corrected chi connectivity index (χ0v) is 5.91. The first-order valence-electron chi connectivity index (χ1n) is 3.15. The Morgan fingerprint density at radius 1 is 1.56 bits per heavy atom. The van der Waals surface area contributed by atoms with Gasteiger partial charge in [0.15, 0.2) is 0 Å². The van der Waals surface area contributed by atoms with Crippen LogP contribution >= 0.6 is 0 Å². The minimum Gasteiger partial charge on any atom is -0.288 e. The van der Waals surface area contributed by atoms with E-state index in [1.165, 1.54) is 0 Å². The van der Waals surface area contributed by atoms with Crippen molar-refractivity contribution in [1.29, 1.82) is 0 Å². The van der Waals surface area contributed by atoms with E-state index in [0.29, 0.717) is 6.17 Å². The maximum atomic E-state index is 4.24. The molecule has 0 radical (unpaired) electrons. The molecular formula is C7H12N2. The Bertz CT molecular complexity index is 136. The van der Waals surface area contributed by atoms with Crippen molar-refractivity contribution in [1.82, 2.24) is 4.90 Å². The van der Waals surface area contributed by atoms with E-state index < -0.39 is 0 Å². The molecule has 0 aromatic rings. The van der Waals surface area contributed by atoms with Crippen LogP contribution in [0.1, 0.15) is 6.42 Å². The second-order valence-corrected chi connectivity index (χ2v) is 2.41. The molecule has 2 heteroatoms. The van der Waals surface area contributed by atoms with Crippen molar-refractivity contribution in [2.45, 2.75) is 12.6 Å². The van der Waals surface area contributed by atoms with Crippen LogP contribution in [0, 0.1) is 0 Å². The van der Waals surface area contributed by atoms with Crippen LogP contribution in [0.25, 0.3) is 0 Å². The fourth-order valence-corrected chi connectivity index (χ4v) is 0.815. The largest absolute Gasteiger partial charge is 0.288 e. The molecular weight excluding hydrogens is 112 g/mol. The van der Waals surface area contributed by atoms with E-state index in [2.05, 4.69) is 16.0 Å². The van der Waals surface area contributed by atoms with Gasteiger partial charge in [-0.25, -0.2) is 0 Å². The summed E-state index contributed by atoms with van der Waals surface area (Å²) < 4.78 is 0. The molecule has 0 bridgehead atoms. The molecule has 1 rings (SSSR count). The first kappa shape index (κ1) is 6.49. The summed E-state index contributed by atoms with van der Waals surface area (Å²) in [5, 5.41) is 0. The van der Waals surface area contributed by atoms with Gasteiger partial charge >= 0.3 is 0 Å². The molecule has 1 aliphatic rings. The average Bonchev–Trinajstić information content (AvgIpc) is 1.90. The fourth-order valence-electron chi connectivity index (χ4n) is 0.815. The summed E-state index contributed by atoms with van der Waals surface area (Å²) in [6.07, 6.45) is 7.39. The Kier molecular flexibility index (Phi) is 2.01. The van der Waals surface area contributed by atoms with Gasteiger partial charge in [0.2, 0.25) is 0 Å². The van der Waals surface area contributed by atoms with Gasteiger partial charge in [-0.3, -0.25) is 9.89 Å². The Morgan fingerprint density at radius 2 is 2.33 bits per heavy atom. The number of dihydropyridines is 1. The molecule has 50 valence electrons. The second-order valence-electron chi connectivity index (χ2n) is 2.41. The third-order valence-corrected chi connectivity index (χ3v) is 1.42. The van der Waals surface area contributed by atoms with Crippen molar-refractivity contribution in [2.24, 2.45) is 4.99 Å². The summed E-state index contributed by atoms with van der Waals surface area (Å²) in [4.78, 5) is 6.35. The van der Waals surface area contributed by atoms with Crippen molar-refractivity contribution in [3.8, 4) is 0 Å². The van der Waals surface area contributed by atoms with Gasteiger partial charge in [0.25, 0.3) is 0 Å². The number of hydrogen-bond acceptors (Lipinski definition) is 2. The number of hydrogen-bond donors (Lipinski definition) is 0. The molecule has 0 saturated carbocycles. The third kappa shape index (κ3) is 1.64. The van der Waals surface area contributed by atoms with Crippen LogP contribution in [0.3, 0.4) is 0 Å². The molecule has 1 atom stereocenters. The topological polar surface area (TPSA) is 15.6 Å². The SMILES string of the molecule is CN(C)C1CC=CC=N1. The Balaban J connectivity index is 2.46. The minimum atomic E-state index is 0.370. The fraction of sp³-hybridized carbons (Fsp3) is 0.571. The molecule has 1 aliphatic heterocycles. The van der Waals surface area contributed by atoms with Crippen molar-refractivity contribution < 1.29 is 0 Å². The van der Waals surface area contributed by atoms with E-state index in [0.717, 1.165) is 6.42 Å². The summed E-state index contributed by atoms with van der Waals surface area (Å²) >= 11 is 0. The predicted octanol–water partition coefficient (Wildman–Crippen LogP) is 0.905. The smallest absolute Gasteiger partial charge is 0.105 e. The zero-order valence-electron chi connectivity index (χ0n) is 5.91. The quantitative estimate of drug-likeness (QED) is 0.507. The highest BCUT2D eigenvalue weighted by Crippen LogP contribution is 2.04. The Hall–Kier alpha value is -0.630. The average molecular weight is 124 g/mol. The van der Waals surface area contributed by atoms with E-state index in [1.807, 2.05) is 26.4 Å². The normalized spacial score (nSPS) is 25.4. The second kappa shape index (κ2) is 2.78. The molecule has 1 heterocycles. The molecule has 0 saturated heterocycles. The molecule has 9 heavy (non-hydrogen) atoms. The number of nitrogens with zero attached hydrogens (tertiary/aromatic N) is 2. The molecule has 1 unspecified atom stereocenters. The van der Waals surface area contributed by atoms with Gasteiger partial charge in [-0.15, -0.1) is 0 Å². The lowest BCUT2D eigenvalue weighted by Crippen LogP contribution is -2.26. The maximum absolute atomic E-state index is 4.24. The lowest BCUT2D eigenvalue weighted by atomic mass is 10.2. The van der Waals surface area contributed by atoms with E-state index >= 15 is 0 Å². The lowest BCUT2D eigenvalue weighted by Gasteiger charge is -2.19. The monoisotopic (exact) mass is 124 g/mol. The highest BCUT2D eigenvalue weighted by atomic mass is 15.2. The van der Waals surface area contributed by atoms with Gasteiger partial charge < -0.3 is 0 Å². The van der Waals surface area contributed by atoms with Crippen LogP contribution in [0.5, 0.6) is 0 Å².